The number of imidazole rings is 1. The minimum atomic E-state index is -0.262. The number of amides is 1. The molecule has 0 bridgehead atoms. The Labute approximate surface area is 188 Å². The first-order valence-corrected chi connectivity index (χ1v) is 10.9. The highest BCUT2D eigenvalue weighted by Gasteiger charge is 2.09. The van der Waals surface area contributed by atoms with Gasteiger partial charge in [-0.05, 0) is 55.3 Å². The van der Waals surface area contributed by atoms with Gasteiger partial charge in [-0.2, -0.15) is 5.10 Å². The fourth-order valence-corrected chi connectivity index (χ4v) is 3.67. The van der Waals surface area contributed by atoms with Crippen molar-refractivity contribution in [2.24, 2.45) is 5.10 Å². The summed E-state index contributed by atoms with van der Waals surface area (Å²) in [7, 11) is 0. The zero-order chi connectivity index (χ0) is 22.3. The molecular weight excluding hydrogens is 398 g/mol. The maximum atomic E-state index is 12.5. The maximum absolute atomic E-state index is 12.5. The number of nitrogens with one attached hydrogen (secondary N) is 2. The number of aromatic amines is 1. The van der Waals surface area contributed by atoms with E-state index in [1.165, 1.54) is 11.3 Å². The molecule has 0 spiro atoms. The van der Waals surface area contributed by atoms with Crippen molar-refractivity contribution in [3.05, 3.63) is 95.3 Å². The Morgan fingerprint density at radius 1 is 1.03 bits per heavy atom. The molecule has 0 aliphatic heterocycles. The fraction of sp³-hybridized carbons (Fsp3) is 0.192. The molecule has 0 saturated carbocycles. The van der Waals surface area contributed by atoms with E-state index in [1.54, 1.807) is 18.3 Å². The van der Waals surface area contributed by atoms with Gasteiger partial charge in [0.15, 0.2) is 0 Å². The summed E-state index contributed by atoms with van der Waals surface area (Å²) in [5.41, 5.74) is 8.09. The highest BCUT2D eigenvalue weighted by Crippen LogP contribution is 2.16. The molecule has 4 rings (SSSR count). The Morgan fingerprint density at radius 3 is 2.50 bits per heavy atom. The van der Waals surface area contributed by atoms with Gasteiger partial charge in [-0.15, -0.1) is 0 Å². The summed E-state index contributed by atoms with van der Waals surface area (Å²) >= 11 is 0. The van der Waals surface area contributed by atoms with Crippen LogP contribution in [0.4, 0.5) is 5.69 Å². The topological polar surface area (TPSA) is 73.4 Å². The third kappa shape index (κ3) is 5.03. The first kappa shape index (κ1) is 21.3. The van der Waals surface area contributed by atoms with Gasteiger partial charge in [0.25, 0.3) is 5.91 Å². The lowest BCUT2D eigenvalue weighted by atomic mass is 10.1. The fourth-order valence-electron chi connectivity index (χ4n) is 3.67. The number of H-pyrrole nitrogens is 1. The van der Waals surface area contributed by atoms with Crippen molar-refractivity contribution in [3.8, 4) is 0 Å². The van der Waals surface area contributed by atoms with Gasteiger partial charge in [-0.25, -0.2) is 10.4 Å². The van der Waals surface area contributed by atoms with Crippen molar-refractivity contribution in [1.82, 2.24) is 15.4 Å². The lowest BCUT2D eigenvalue weighted by Gasteiger charge is -2.20. The second-order valence-corrected chi connectivity index (χ2v) is 7.54. The molecule has 2 N–H and O–H groups in total. The second-order valence-electron chi connectivity index (χ2n) is 7.54. The normalized spacial score (nSPS) is 11.2. The molecule has 6 nitrogen and oxygen atoms in total. The van der Waals surface area contributed by atoms with Crippen molar-refractivity contribution in [3.63, 3.8) is 0 Å². The summed E-state index contributed by atoms with van der Waals surface area (Å²) in [5, 5.41) is 4.11. The zero-order valence-electron chi connectivity index (χ0n) is 18.4. The van der Waals surface area contributed by atoms with Crippen LogP contribution in [-0.2, 0) is 6.42 Å². The van der Waals surface area contributed by atoms with Crippen LogP contribution in [0, 0.1) is 0 Å². The zero-order valence-corrected chi connectivity index (χ0v) is 18.4. The molecule has 6 heteroatoms. The van der Waals surface area contributed by atoms with E-state index >= 15 is 0 Å². The number of hydrogen-bond acceptors (Lipinski definition) is 4. The molecule has 1 amide bonds. The van der Waals surface area contributed by atoms with Crippen molar-refractivity contribution in [1.29, 1.82) is 0 Å². The summed E-state index contributed by atoms with van der Waals surface area (Å²) < 4.78 is 0. The Kier molecular flexibility index (Phi) is 6.60. The van der Waals surface area contributed by atoms with E-state index in [2.05, 4.69) is 63.5 Å². The van der Waals surface area contributed by atoms with Crippen LogP contribution in [0.5, 0.6) is 0 Å². The van der Waals surface area contributed by atoms with E-state index in [1.807, 2.05) is 36.4 Å². The average molecular weight is 426 g/mol. The van der Waals surface area contributed by atoms with Gasteiger partial charge in [-0.3, -0.25) is 4.79 Å². The smallest absolute Gasteiger partial charge is 0.271 e. The van der Waals surface area contributed by atoms with Crippen molar-refractivity contribution < 1.29 is 4.79 Å². The molecular formula is C26H27N5O. The second kappa shape index (κ2) is 9.92. The molecule has 162 valence electrons. The van der Waals surface area contributed by atoms with E-state index in [0.717, 1.165) is 35.5 Å². The molecule has 0 radical (unpaired) electrons. The Bertz CT molecular complexity index is 1210. The monoisotopic (exact) mass is 425 g/mol. The van der Waals surface area contributed by atoms with Gasteiger partial charge >= 0.3 is 0 Å². The van der Waals surface area contributed by atoms with Gasteiger partial charge in [0.1, 0.15) is 5.82 Å². The molecule has 0 saturated heterocycles. The molecule has 0 aliphatic carbocycles. The van der Waals surface area contributed by atoms with E-state index < -0.39 is 0 Å². The van der Waals surface area contributed by atoms with Crippen LogP contribution in [-0.4, -0.2) is 35.2 Å². The van der Waals surface area contributed by atoms with E-state index in [4.69, 9.17) is 0 Å². The number of carbonyl (C=O) groups is 1. The lowest BCUT2D eigenvalue weighted by Crippen LogP contribution is -2.21. The number of rotatable bonds is 8. The molecule has 3 aromatic carbocycles. The Hall–Kier alpha value is -3.93. The van der Waals surface area contributed by atoms with Crippen molar-refractivity contribution >= 4 is 28.8 Å². The van der Waals surface area contributed by atoms with Crippen LogP contribution >= 0.6 is 0 Å². The van der Waals surface area contributed by atoms with Gasteiger partial charge in [0, 0.05) is 30.8 Å². The predicted molar refractivity (Wildman–Crippen MR) is 130 cm³/mol. The van der Waals surface area contributed by atoms with Crippen molar-refractivity contribution in [2.75, 3.05) is 18.0 Å². The lowest BCUT2D eigenvalue weighted by molar-refractivity contribution is 0.0955. The number of hydrazone groups is 1. The number of anilines is 1. The molecule has 4 aromatic rings. The van der Waals surface area contributed by atoms with E-state index in [0.29, 0.717) is 12.0 Å². The van der Waals surface area contributed by atoms with Gasteiger partial charge in [0.2, 0.25) is 0 Å². The number of benzene rings is 3. The van der Waals surface area contributed by atoms with E-state index in [-0.39, 0.29) is 5.91 Å². The van der Waals surface area contributed by atoms with Gasteiger partial charge in [0.05, 0.1) is 17.2 Å². The molecule has 0 aliphatic rings. The van der Waals surface area contributed by atoms with Gasteiger partial charge < -0.3 is 9.88 Å². The third-order valence-corrected chi connectivity index (χ3v) is 5.41. The van der Waals surface area contributed by atoms with E-state index in [9.17, 15) is 4.79 Å². The molecule has 0 unspecified atom stereocenters. The van der Waals surface area contributed by atoms with Crippen LogP contribution in [0.15, 0.2) is 77.9 Å². The largest absolute Gasteiger partial charge is 0.372 e. The first-order valence-electron chi connectivity index (χ1n) is 10.9. The Balaban J connectivity index is 1.40. The summed E-state index contributed by atoms with van der Waals surface area (Å²) in [4.78, 5) is 22.7. The SMILES string of the molecule is CCN(CC)c1ccc(/C=N\NC(=O)c2ccc3nc(Cc4ccccc4)[nH]c3c2)cc1. The van der Waals surface area contributed by atoms with Gasteiger partial charge in [-0.1, -0.05) is 42.5 Å². The molecule has 32 heavy (non-hydrogen) atoms. The summed E-state index contributed by atoms with van der Waals surface area (Å²) in [6.45, 7) is 6.21. The summed E-state index contributed by atoms with van der Waals surface area (Å²) in [5.74, 6) is 0.608. The minimum Gasteiger partial charge on any atom is -0.372 e. The van der Waals surface area contributed by atoms with Crippen LogP contribution in [0.25, 0.3) is 11.0 Å². The van der Waals surface area contributed by atoms with Crippen LogP contribution in [0.1, 0.15) is 41.2 Å². The van der Waals surface area contributed by atoms with Crippen molar-refractivity contribution in [2.45, 2.75) is 20.3 Å². The minimum absolute atomic E-state index is 0.262. The number of hydrogen-bond donors (Lipinski definition) is 2. The summed E-state index contributed by atoms with van der Waals surface area (Å²) in [6.07, 6.45) is 2.37. The quantitative estimate of drug-likeness (QED) is 0.316. The van der Waals surface area contributed by atoms with Crippen LogP contribution in [0.2, 0.25) is 0 Å². The third-order valence-electron chi connectivity index (χ3n) is 5.41. The summed E-state index contributed by atoms with van der Waals surface area (Å²) in [6, 6.07) is 23.7. The maximum Gasteiger partial charge on any atom is 0.271 e. The first-order chi connectivity index (χ1) is 15.7. The molecule has 0 atom stereocenters. The number of fused-ring (bicyclic) bond motifs is 1. The highest BCUT2D eigenvalue weighted by molar-refractivity contribution is 5.97. The number of aromatic nitrogens is 2. The highest BCUT2D eigenvalue weighted by atomic mass is 16.2. The average Bonchev–Trinajstić information content (AvgIpc) is 3.23. The number of nitrogens with zero attached hydrogens (tertiary/aromatic N) is 3. The molecule has 1 aromatic heterocycles. The van der Waals surface area contributed by atoms with Crippen LogP contribution < -0.4 is 10.3 Å². The molecule has 1 heterocycles. The standard InChI is InChI=1S/C26H27N5O/c1-3-31(4-2)22-13-10-20(11-14-22)18-27-30-26(32)21-12-15-23-24(17-21)29-25(28-23)16-19-8-6-5-7-9-19/h5-15,17-18H,3-4,16H2,1-2H3,(H,28,29)(H,30,32)/b27-18-. The molecule has 0 fully saturated rings. The predicted octanol–water partition coefficient (Wildman–Crippen LogP) is 4.76. The van der Waals surface area contributed by atoms with Crippen LogP contribution in [0.3, 0.4) is 0 Å². The number of carbonyl (C=O) groups excluding carboxylic acids is 1. The Morgan fingerprint density at radius 2 is 1.78 bits per heavy atom.